The summed E-state index contributed by atoms with van der Waals surface area (Å²) in [6.45, 7) is 0.736. The number of halogens is 2. The molecule has 0 unspecified atom stereocenters. The first-order chi connectivity index (χ1) is 10.2. The molecule has 1 aromatic carbocycles. The van der Waals surface area contributed by atoms with Crippen LogP contribution in [-0.4, -0.2) is 6.04 Å². The molecule has 0 atom stereocenters. The highest BCUT2D eigenvalue weighted by Gasteiger charge is 2.13. The van der Waals surface area contributed by atoms with Crippen molar-refractivity contribution >= 4 is 11.6 Å². The topological polar surface area (TPSA) is 25.2 Å². The van der Waals surface area contributed by atoms with Gasteiger partial charge in [0.2, 0.25) is 0 Å². The summed E-state index contributed by atoms with van der Waals surface area (Å²) in [5, 5.41) is 3.66. The summed E-state index contributed by atoms with van der Waals surface area (Å²) in [4.78, 5) is 0. The molecule has 2 aromatic rings. The van der Waals surface area contributed by atoms with E-state index < -0.39 is 5.82 Å². The van der Waals surface area contributed by atoms with Crippen molar-refractivity contribution in [1.29, 1.82) is 0 Å². The SMILES string of the molecule is Fc1ccc(-c2ccc(CNC3CCCCC3)o2)cc1Cl. The maximum atomic E-state index is 13.2. The second kappa shape index (κ2) is 6.63. The third kappa shape index (κ3) is 3.66. The zero-order chi connectivity index (χ0) is 14.7. The Hall–Kier alpha value is -1.32. The van der Waals surface area contributed by atoms with Gasteiger partial charge < -0.3 is 9.73 Å². The smallest absolute Gasteiger partial charge is 0.141 e. The summed E-state index contributed by atoms with van der Waals surface area (Å²) in [5.74, 6) is 1.21. The van der Waals surface area contributed by atoms with E-state index in [1.165, 1.54) is 38.2 Å². The van der Waals surface area contributed by atoms with E-state index in [1.54, 1.807) is 12.1 Å². The molecule has 3 rings (SSSR count). The highest BCUT2D eigenvalue weighted by atomic mass is 35.5. The van der Waals surface area contributed by atoms with E-state index in [0.717, 1.165) is 23.6 Å². The lowest BCUT2D eigenvalue weighted by atomic mass is 9.95. The fourth-order valence-corrected chi connectivity index (χ4v) is 3.01. The van der Waals surface area contributed by atoms with Crippen LogP contribution in [0.15, 0.2) is 34.7 Å². The van der Waals surface area contributed by atoms with E-state index in [-0.39, 0.29) is 5.02 Å². The van der Waals surface area contributed by atoms with Gasteiger partial charge in [0.05, 0.1) is 11.6 Å². The van der Waals surface area contributed by atoms with Crippen molar-refractivity contribution in [3.05, 3.63) is 46.9 Å². The van der Waals surface area contributed by atoms with Gasteiger partial charge in [0, 0.05) is 11.6 Å². The predicted octanol–water partition coefficient (Wildman–Crippen LogP) is 5.16. The predicted molar refractivity (Wildman–Crippen MR) is 82.8 cm³/mol. The van der Waals surface area contributed by atoms with Crippen molar-refractivity contribution in [2.75, 3.05) is 0 Å². The van der Waals surface area contributed by atoms with Gasteiger partial charge in [0.25, 0.3) is 0 Å². The molecule has 0 aliphatic heterocycles. The monoisotopic (exact) mass is 307 g/mol. The van der Waals surface area contributed by atoms with E-state index in [9.17, 15) is 4.39 Å². The number of hydrogen-bond acceptors (Lipinski definition) is 2. The first-order valence-electron chi connectivity index (χ1n) is 7.50. The van der Waals surface area contributed by atoms with Crippen molar-refractivity contribution in [2.24, 2.45) is 0 Å². The average molecular weight is 308 g/mol. The Balaban J connectivity index is 1.63. The third-order valence-electron chi connectivity index (χ3n) is 4.04. The molecule has 0 radical (unpaired) electrons. The molecular weight excluding hydrogens is 289 g/mol. The quantitative estimate of drug-likeness (QED) is 0.844. The lowest BCUT2D eigenvalue weighted by molar-refractivity contribution is 0.358. The molecule has 1 aliphatic rings. The molecule has 1 saturated carbocycles. The maximum Gasteiger partial charge on any atom is 0.141 e. The van der Waals surface area contributed by atoms with Crippen LogP contribution in [0.25, 0.3) is 11.3 Å². The molecule has 21 heavy (non-hydrogen) atoms. The largest absolute Gasteiger partial charge is 0.460 e. The highest BCUT2D eigenvalue weighted by molar-refractivity contribution is 6.31. The Bertz CT molecular complexity index is 605. The van der Waals surface area contributed by atoms with E-state index in [2.05, 4.69) is 5.32 Å². The molecular formula is C17H19ClFNO. The van der Waals surface area contributed by atoms with Gasteiger partial charge in [-0.25, -0.2) is 4.39 Å². The van der Waals surface area contributed by atoms with Gasteiger partial charge in [-0.05, 0) is 43.2 Å². The molecule has 1 heterocycles. The lowest BCUT2D eigenvalue weighted by Crippen LogP contribution is -2.30. The van der Waals surface area contributed by atoms with Crippen molar-refractivity contribution in [3.8, 4) is 11.3 Å². The van der Waals surface area contributed by atoms with Crippen LogP contribution in [0.5, 0.6) is 0 Å². The second-order valence-electron chi connectivity index (χ2n) is 5.61. The van der Waals surface area contributed by atoms with Crippen molar-refractivity contribution in [3.63, 3.8) is 0 Å². The van der Waals surface area contributed by atoms with E-state index >= 15 is 0 Å². The standard InChI is InChI=1S/C17H19ClFNO/c18-15-10-12(6-8-16(15)19)17-9-7-14(21-17)11-20-13-4-2-1-3-5-13/h6-10,13,20H,1-5,11H2. The van der Waals surface area contributed by atoms with Crippen LogP contribution in [0.1, 0.15) is 37.9 Å². The Morgan fingerprint density at radius 3 is 2.71 bits per heavy atom. The maximum absolute atomic E-state index is 13.2. The summed E-state index contributed by atoms with van der Waals surface area (Å²) in [6, 6.07) is 9.10. The molecule has 1 aromatic heterocycles. The van der Waals surface area contributed by atoms with Gasteiger partial charge in [-0.15, -0.1) is 0 Å². The van der Waals surface area contributed by atoms with Crippen LogP contribution in [0.4, 0.5) is 4.39 Å². The van der Waals surface area contributed by atoms with E-state index in [0.29, 0.717) is 6.04 Å². The highest BCUT2D eigenvalue weighted by Crippen LogP contribution is 2.27. The fraction of sp³-hybridized carbons (Fsp3) is 0.412. The van der Waals surface area contributed by atoms with Gasteiger partial charge in [0.15, 0.2) is 0 Å². The summed E-state index contributed by atoms with van der Waals surface area (Å²) in [6.07, 6.45) is 6.49. The number of rotatable bonds is 4. The van der Waals surface area contributed by atoms with Crippen LogP contribution in [0, 0.1) is 5.82 Å². The number of furan rings is 1. The first kappa shape index (κ1) is 14.6. The molecule has 0 amide bonds. The van der Waals surface area contributed by atoms with Crippen LogP contribution in [0.3, 0.4) is 0 Å². The Labute approximate surface area is 129 Å². The zero-order valence-corrected chi connectivity index (χ0v) is 12.6. The summed E-state index contributed by atoms with van der Waals surface area (Å²) in [7, 11) is 0. The lowest BCUT2D eigenvalue weighted by Gasteiger charge is -2.22. The second-order valence-corrected chi connectivity index (χ2v) is 6.02. The van der Waals surface area contributed by atoms with E-state index in [1.807, 2.05) is 12.1 Å². The van der Waals surface area contributed by atoms with Crippen LogP contribution >= 0.6 is 11.6 Å². The zero-order valence-electron chi connectivity index (χ0n) is 11.9. The minimum Gasteiger partial charge on any atom is -0.460 e. The van der Waals surface area contributed by atoms with Gasteiger partial charge in [-0.3, -0.25) is 0 Å². The summed E-state index contributed by atoms with van der Waals surface area (Å²) < 4.78 is 19.0. The molecule has 1 fully saturated rings. The van der Waals surface area contributed by atoms with Crippen molar-refractivity contribution in [1.82, 2.24) is 5.32 Å². The Morgan fingerprint density at radius 1 is 1.14 bits per heavy atom. The van der Waals surface area contributed by atoms with E-state index in [4.69, 9.17) is 16.0 Å². The van der Waals surface area contributed by atoms with Gasteiger partial charge >= 0.3 is 0 Å². The fourth-order valence-electron chi connectivity index (χ4n) is 2.83. The van der Waals surface area contributed by atoms with Crippen molar-refractivity contribution in [2.45, 2.75) is 44.7 Å². The number of nitrogens with one attached hydrogen (secondary N) is 1. The number of benzene rings is 1. The molecule has 4 heteroatoms. The van der Waals surface area contributed by atoms with Crippen molar-refractivity contribution < 1.29 is 8.81 Å². The number of hydrogen-bond donors (Lipinski definition) is 1. The molecule has 1 N–H and O–H groups in total. The molecule has 112 valence electrons. The summed E-state index contributed by atoms with van der Waals surface area (Å²) in [5.41, 5.74) is 0.797. The third-order valence-corrected chi connectivity index (χ3v) is 4.33. The Kier molecular flexibility index (Phi) is 4.61. The molecule has 0 bridgehead atoms. The normalized spacial score (nSPS) is 16.3. The molecule has 2 nitrogen and oxygen atoms in total. The van der Waals surface area contributed by atoms with Gasteiger partial charge in [-0.1, -0.05) is 30.9 Å². The molecule has 1 aliphatic carbocycles. The molecule has 0 saturated heterocycles. The minimum atomic E-state index is -0.411. The Morgan fingerprint density at radius 2 is 1.95 bits per heavy atom. The van der Waals surface area contributed by atoms with Crippen LogP contribution in [0.2, 0.25) is 5.02 Å². The minimum absolute atomic E-state index is 0.116. The van der Waals surface area contributed by atoms with Crippen LogP contribution in [-0.2, 0) is 6.54 Å². The first-order valence-corrected chi connectivity index (χ1v) is 7.88. The van der Waals surface area contributed by atoms with Crippen LogP contribution < -0.4 is 5.32 Å². The van der Waals surface area contributed by atoms with Gasteiger partial charge in [-0.2, -0.15) is 0 Å². The van der Waals surface area contributed by atoms with Gasteiger partial charge in [0.1, 0.15) is 17.3 Å². The summed E-state index contributed by atoms with van der Waals surface area (Å²) >= 11 is 5.80. The average Bonchev–Trinajstić information content (AvgIpc) is 2.98. The molecule has 0 spiro atoms.